The highest BCUT2D eigenvalue weighted by Crippen LogP contribution is 2.10. The lowest BCUT2D eigenvalue weighted by Gasteiger charge is -2.06. The largest absolute Gasteiger partial charge is 0.481 e. The van der Waals surface area contributed by atoms with Crippen molar-refractivity contribution in [2.24, 2.45) is 0 Å². The quantitative estimate of drug-likeness (QED) is 0.571. The highest BCUT2D eigenvalue weighted by molar-refractivity contribution is 6.29. The maximum Gasteiger partial charge on any atom is 0.303 e. The molecule has 1 aromatic heterocycles. The minimum atomic E-state index is -0.761. The van der Waals surface area contributed by atoms with Gasteiger partial charge in [-0.2, -0.15) is 0 Å². The van der Waals surface area contributed by atoms with Crippen molar-refractivity contribution >= 4 is 23.5 Å². The summed E-state index contributed by atoms with van der Waals surface area (Å²) in [5, 5.41) is 11.6. The molecular weight excluding hydrogens is 280 g/mol. The zero-order valence-electron chi connectivity index (χ0n) is 11.5. The molecule has 1 aromatic rings. The molecule has 1 amide bonds. The van der Waals surface area contributed by atoms with Gasteiger partial charge in [-0.05, 0) is 31.9 Å². The molecule has 2 N–H and O–H groups in total. The van der Waals surface area contributed by atoms with E-state index in [2.05, 4.69) is 10.3 Å². The summed E-state index contributed by atoms with van der Waals surface area (Å²) in [5.74, 6) is -0.925. The van der Waals surface area contributed by atoms with Crippen molar-refractivity contribution in [2.75, 3.05) is 6.54 Å². The van der Waals surface area contributed by atoms with Crippen LogP contribution in [0.1, 0.15) is 48.2 Å². The van der Waals surface area contributed by atoms with Crippen LogP contribution < -0.4 is 5.32 Å². The number of pyridine rings is 1. The zero-order chi connectivity index (χ0) is 15.0. The Bertz CT molecular complexity index is 457. The van der Waals surface area contributed by atoms with Crippen LogP contribution in [0.5, 0.6) is 0 Å². The van der Waals surface area contributed by atoms with Crippen LogP contribution in [-0.2, 0) is 4.79 Å². The highest BCUT2D eigenvalue weighted by atomic mass is 35.5. The normalized spacial score (nSPS) is 10.3. The van der Waals surface area contributed by atoms with E-state index in [0.29, 0.717) is 29.4 Å². The molecule has 110 valence electrons. The molecule has 0 atom stereocenters. The van der Waals surface area contributed by atoms with Crippen LogP contribution in [0.3, 0.4) is 0 Å². The molecule has 0 unspecified atom stereocenters. The van der Waals surface area contributed by atoms with E-state index in [0.717, 1.165) is 19.3 Å². The van der Waals surface area contributed by atoms with Crippen LogP contribution in [-0.4, -0.2) is 28.5 Å². The molecule has 5 nitrogen and oxygen atoms in total. The summed E-state index contributed by atoms with van der Waals surface area (Å²) in [5.41, 5.74) is 1.21. The van der Waals surface area contributed by atoms with Gasteiger partial charge in [0.2, 0.25) is 0 Å². The van der Waals surface area contributed by atoms with E-state index < -0.39 is 5.97 Å². The third-order valence-corrected chi connectivity index (χ3v) is 2.98. The number of carboxylic acid groups (broad SMARTS) is 1. The van der Waals surface area contributed by atoms with E-state index in [1.54, 1.807) is 13.0 Å². The summed E-state index contributed by atoms with van der Waals surface area (Å²) < 4.78 is 0. The topological polar surface area (TPSA) is 79.3 Å². The van der Waals surface area contributed by atoms with Gasteiger partial charge in [0.05, 0.1) is 0 Å². The maximum absolute atomic E-state index is 11.9. The number of hydrogen-bond acceptors (Lipinski definition) is 3. The SMILES string of the molecule is Cc1cc(C(=O)NCCCCCCC(=O)O)cc(Cl)n1. The first-order chi connectivity index (χ1) is 9.49. The molecule has 0 bridgehead atoms. The Labute approximate surface area is 123 Å². The minimum absolute atomic E-state index is 0.164. The number of aliphatic carboxylic acids is 1. The van der Waals surface area contributed by atoms with Gasteiger partial charge in [-0.25, -0.2) is 4.98 Å². The predicted molar refractivity (Wildman–Crippen MR) is 77.0 cm³/mol. The number of nitrogens with zero attached hydrogens (tertiary/aromatic N) is 1. The van der Waals surface area contributed by atoms with E-state index in [-0.39, 0.29) is 12.3 Å². The summed E-state index contributed by atoms with van der Waals surface area (Å²) in [6.07, 6.45) is 3.50. The summed E-state index contributed by atoms with van der Waals surface area (Å²) >= 11 is 5.80. The molecule has 1 heterocycles. The Morgan fingerprint density at radius 2 is 1.95 bits per heavy atom. The van der Waals surface area contributed by atoms with Crippen molar-refractivity contribution in [1.82, 2.24) is 10.3 Å². The van der Waals surface area contributed by atoms with E-state index in [9.17, 15) is 9.59 Å². The molecule has 6 heteroatoms. The zero-order valence-corrected chi connectivity index (χ0v) is 12.2. The number of rotatable bonds is 8. The van der Waals surface area contributed by atoms with Crippen LogP contribution in [0.25, 0.3) is 0 Å². The Morgan fingerprint density at radius 1 is 1.25 bits per heavy atom. The molecule has 0 spiro atoms. The van der Waals surface area contributed by atoms with Gasteiger partial charge in [0.25, 0.3) is 5.91 Å². The number of hydrogen-bond donors (Lipinski definition) is 2. The van der Waals surface area contributed by atoms with Gasteiger partial charge in [-0.15, -0.1) is 0 Å². The number of unbranched alkanes of at least 4 members (excludes halogenated alkanes) is 3. The molecule has 0 radical (unpaired) electrons. The third-order valence-electron chi connectivity index (χ3n) is 2.79. The number of aromatic nitrogens is 1. The van der Waals surface area contributed by atoms with Crippen LogP contribution in [0.2, 0.25) is 5.15 Å². The van der Waals surface area contributed by atoms with Gasteiger partial charge >= 0.3 is 5.97 Å². The molecule has 0 aromatic carbocycles. The summed E-state index contributed by atoms with van der Waals surface area (Å²) in [6.45, 7) is 2.36. The molecule has 0 fully saturated rings. The first kappa shape index (κ1) is 16.4. The number of aryl methyl sites for hydroxylation is 1. The van der Waals surface area contributed by atoms with E-state index in [1.807, 2.05) is 0 Å². The van der Waals surface area contributed by atoms with E-state index >= 15 is 0 Å². The third kappa shape index (κ3) is 6.52. The smallest absolute Gasteiger partial charge is 0.303 e. The molecule has 0 saturated heterocycles. The average molecular weight is 299 g/mol. The van der Waals surface area contributed by atoms with Gasteiger partial charge in [-0.1, -0.05) is 24.4 Å². The molecule has 0 saturated carbocycles. The number of carbonyl (C=O) groups excluding carboxylic acids is 1. The fraction of sp³-hybridized carbons (Fsp3) is 0.500. The second-order valence-electron chi connectivity index (χ2n) is 4.63. The lowest BCUT2D eigenvalue weighted by Crippen LogP contribution is -2.24. The lowest BCUT2D eigenvalue weighted by atomic mass is 10.1. The lowest BCUT2D eigenvalue weighted by molar-refractivity contribution is -0.137. The number of carboxylic acids is 1. The van der Waals surface area contributed by atoms with Crippen LogP contribution in [0.4, 0.5) is 0 Å². The average Bonchev–Trinajstić information content (AvgIpc) is 2.35. The first-order valence-corrected chi connectivity index (χ1v) is 7.01. The Morgan fingerprint density at radius 3 is 2.60 bits per heavy atom. The Balaban J connectivity index is 2.21. The maximum atomic E-state index is 11.9. The van der Waals surface area contributed by atoms with E-state index in [4.69, 9.17) is 16.7 Å². The standard InChI is InChI=1S/C14H19ClN2O3/c1-10-8-11(9-12(15)17-10)14(20)16-7-5-3-2-4-6-13(18)19/h8-9H,2-7H2,1H3,(H,16,20)(H,18,19). The second kappa shape index (κ2) is 8.53. The number of halogens is 1. The molecule has 0 aliphatic rings. The van der Waals surface area contributed by atoms with Gasteiger partial charge in [-0.3, -0.25) is 9.59 Å². The highest BCUT2D eigenvalue weighted by Gasteiger charge is 2.07. The Hall–Kier alpha value is -1.62. The summed E-state index contributed by atoms with van der Waals surface area (Å²) in [4.78, 5) is 26.2. The number of nitrogens with one attached hydrogen (secondary N) is 1. The van der Waals surface area contributed by atoms with Crippen LogP contribution in [0, 0.1) is 6.92 Å². The fourth-order valence-corrected chi connectivity index (χ4v) is 2.07. The van der Waals surface area contributed by atoms with Gasteiger partial charge < -0.3 is 10.4 Å². The van der Waals surface area contributed by atoms with Gasteiger partial charge in [0.15, 0.2) is 0 Å². The monoisotopic (exact) mass is 298 g/mol. The van der Waals surface area contributed by atoms with Crippen molar-refractivity contribution in [3.05, 3.63) is 28.5 Å². The molecule has 20 heavy (non-hydrogen) atoms. The van der Waals surface area contributed by atoms with Crippen molar-refractivity contribution in [3.8, 4) is 0 Å². The molecule has 1 rings (SSSR count). The van der Waals surface area contributed by atoms with Gasteiger partial charge in [0, 0.05) is 24.2 Å². The van der Waals surface area contributed by atoms with Crippen molar-refractivity contribution in [2.45, 2.75) is 39.0 Å². The summed E-state index contributed by atoms with van der Waals surface area (Å²) in [6, 6.07) is 3.23. The van der Waals surface area contributed by atoms with Gasteiger partial charge in [0.1, 0.15) is 5.15 Å². The first-order valence-electron chi connectivity index (χ1n) is 6.63. The Kier molecular flexibility index (Phi) is 7.01. The molecule has 0 aliphatic heterocycles. The minimum Gasteiger partial charge on any atom is -0.481 e. The van der Waals surface area contributed by atoms with Crippen molar-refractivity contribution < 1.29 is 14.7 Å². The molecule has 0 aliphatic carbocycles. The van der Waals surface area contributed by atoms with Crippen molar-refractivity contribution in [1.29, 1.82) is 0 Å². The number of carbonyl (C=O) groups is 2. The second-order valence-corrected chi connectivity index (χ2v) is 5.02. The predicted octanol–water partition coefficient (Wildman–Crippen LogP) is 2.81. The van der Waals surface area contributed by atoms with E-state index in [1.165, 1.54) is 6.07 Å². The van der Waals surface area contributed by atoms with Crippen LogP contribution >= 0.6 is 11.6 Å². The summed E-state index contributed by atoms with van der Waals surface area (Å²) in [7, 11) is 0. The molecular formula is C14H19ClN2O3. The van der Waals surface area contributed by atoms with Crippen LogP contribution in [0.15, 0.2) is 12.1 Å². The van der Waals surface area contributed by atoms with Crippen molar-refractivity contribution in [3.63, 3.8) is 0 Å². The number of amides is 1. The fourth-order valence-electron chi connectivity index (χ4n) is 1.82.